The quantitative estimate of drug-likeness (QED) is 0.873. The van der Waals surface area contributed by atoms with Gasteiger partial charge in [0.05, 0.1) is 0 Å². The summed E-state index contributed by atoms with van der Waals surface area (Å²) in [5.41, 5.74) is 1.10. The van der Waals surface area contributed by atoms with Gasteiger partial charge in [0.2, 0.25) is 0 Å². The lowest BCUT2D eigenvalue weighted by molar-refractivity contribution is 0.454. The Kier molecular flexibility index (Phi) is 4.41. The van der Waals surface area contributed by atoms with Gasteiger partial charge in [-0.2, -0.15) is 4.31 Å². The molecule has 0 amide bonds. The number of nitrogens with zero attached hydrogens (tertiary/aromatic N) is 1. The largest absolute Gasteiger partial charge is 0.309 e. The van der Waals surface area contributed by atoms with E-state index in [9.17, 15) is 8.42 Å². The molecule has 1 unspecified atom stereocenters. The number of hydrogen-bond donors (Lipinski definition) is 1. The molecule has 1 atom stereocenters. The number of nitrogens with one attached hydrogen (secondary N) is 1. The first-order valence-corrected chi connectivity index (χ1v) is 10.1. The number of sulfonamides is 1. The summed E-state index contributed by atoms with van der Waals surface area (Å²) in [4.78, 5) is 1.16. The van der Waals surface area contributed by atoms with Crippen LogP contribution >= 0.6 is 11.3 Å². The van der Waals surface area contributed by atoms with Crippen molar-refractivity contribution in [2.24, 2.45) is 5.92 Å². The molecular formula is C15H24N2O2S2. The molecule has 1 saturated heterocycles. The van der Waals surface area contributed by atoms with E-state index in [4.69, 9.17) is 0 Å². The Balaban J connectivity index is 1.74. The SMILES string of the molecule is CCC1CCN(S(=O)(=O)c2cc(C)c(CNC3CC3)s2)C1. The third kappa shape index (κ3) is 3.33. The van der Waals surface area contributed by atoms with Crippen LogP contribution in [0.3, 0.4) is 0 Å². The molecule has 2 heterocycles. The van der Waals surface area contributed by atoms with E-state index in [2.05, 4.69) is 12.2 Å². The summed E-state index contributed by atoms with van der Waals surface area (Å²) in [5, 5.41) is 3.47. The lowest BCUT2D eigenvalue weighted by Crippen LogP contribution is -2.28. The average molecular weight is 329 g/mol. The molecule has 1 aliphatic carbocycles. The Morgan fingerprint density at radius 1 is 1.38 bits per heavy atom. The monoisotopic (exact) mass is 328 g/mol. The van der Waals surface area contributed by atoms with Crippen LogP contribution in [0.2, 0.25) is 0 Å². The fraction of sp³-hybridized carbons (Fsp3) is 0.733. The molecule has 6 heteroatoms. The maximum Gasteiger partial charge on any atom is 0.252 e. The first-order chi connectivity index (χ1) is 10.0. The third-order valence-corrected chi connectivity index (χ3v) is 8.10. The predicted molar refractivity (Wildman–Crippen MR) is 86.1 cm³/mol. The van der Waals surface area contributed by atoms with E-state index in [1.54, 1.807) is 4.31 Å². The van der Waals surface area contributed by atoms with Gasteiger partial charge >= 0.3 is 0 Å². The van der Waals surface area contributed by atoms with E-state index < -0.39 is 10.0 Å². The molecule has 1 N–H and O–H groups in total. The summed E-state index contributed by atoms with van der Waals surface area (Å²) >= 11 is 1.44. The van der Waals surface area contributed by atoms with Gasteiger partial charge in [-0.1, -0.05) is 13.3 Å². The fourth-order valence-corrected chi connectivity index (χ4v) is 6.02. The van der Waals surface area contributed by atoms with Crippen LogP contribution in [0.25, 0.3) is 0 Å². The van der Waals surface area contributed by atoms with Gasteiger partial charge in [-0.25, -0.2) is 8.42 Å². The lowest BCUT2D eigenvalue weighted by Gasteiger charge is -2.14. The topological polar surface area (TPSA) is 49.4 Å². The van der Waals surface area contributed by atoms with Gasteiger partial charge in [0.25, 0.3) is 10.0 Å². The minimum atomic E-state index is -3.28. The smallest absolute Gasteiger partial charge is 0.252 e. The molecule has 118 valence electrons. The second-order valence-electron chi connectivity index (χ2n) is 6.25. The molecule has 3 rings (SSSR count). The molecule has 0 spiro atoms. The van der Waals surface area contributed by atoms with Gasteiger partial charge in [-0.3, -0.25) is 0 Å². The summed E-state index contributed by atoms with van der Waals surface area (Å²) in [6, 6.07) is 2.50. The summed E-state index contributed by atoms with van der Waals surface area (Å²) in [5.74, 6) is 0.525. The summed E-state index contributed by atoms with van der Waals surface area (Å²) in [6.07, 6.45) is 4.56. The van der Waals surface area contributed by atoms with E-state index in [0.29, 0.717) is 29.3 Å². The van der Waals surface area contributed by atoms with Crippen molar-refractivity contribution in [3.8, 4) is 0 Å². The Labute approximate surface area is 131 Å². The minimum absolute atomic E-state index is 0.518. The zero-order valence-electron chi connectivity index (χ0n) is 12.8. The zero-order chi connectivity index (χ0) is 15.0. The fourth-order valence-electron chi connectivity index (χ4n) is 2.79. The van der Waals surface area contributed by atoms with E-state index in [0.717, 1.165) is 29.8 Å². The molecule has 21 heavy (non-hydrogen) atoms. The Morgan fingerprint density at radius 2 is 2.14 bits per heavy atom. The van der Waals surface area contributed by atoms with Crippen molar-refractivity contribution in [2.75, 3.05) is 13.1 Å². The van der Waals surface area contributed by atoms with Gasteiger partial charge in [-0.15, -0.1) is 11.3 Å². The van der Waals surface area contributed by atoms with E-state index in [-0.39, 0.29) is 0 Å². The molecule has 1 aromatic rings. The highest BCUT2D eigenvalue weighted by Crippen LogP contribution is 2.32. The molecule has 1 aliphatic heterocycles. The summed E-state index contributed by atoms with van der Waals surface area (Å²) in [6.45, 7) is 6.31. The molecule has 0 radical (unpaired) electrons. The second kappa shape index (κ2) is 5.99. The molecule has 2 fully saturated rings. The van der Waals surface area contributed by atoms with E-state index >= 15 is 0 Å². The van der Waals surface area contributed by atoms with Crippen LogP contribution in [0.5, 0.6) is 0 Å². The number of hydrogen-bond acceptors (Lipinski definition) is 4. The van der Waals surface area contributed by atoms with Gasteiger partial charge in [0.15, 0.2) is 0 Å². The average Bonchev–Trinajstić information content (AvgIpc) is 3.01. The Morgan fingerprint density at radius 3 is 2.76 bits per heavy atom. The van der Waals surface area contributed by atoms with Crippen LogP contribution in [-0.2, 0) is 16.6 Å². The maximum absolute atomic E-state index is 12.7. The van der Waals surface area contributed by atoms with Crippen molar-refractivity contribution < 1.29 is 8.42 Å². The van der Waals surface area contributed by atoms with Crippen LogP contribution in [0, 0.1) is 12.8 Å². The van der Waals surface area contributed by atoms with Crippen molar-refractivity contribution in [1.82, 2.24) is 9.62 Å². The summed E-state index contributed by atoms with van der Waals surface area (Å²) < 4.78 is 27.6. The lowest BCUT2D eigenvalue weighted by atomic mass is 10.1. The highest BCUT2D eigenvalue weighted by atomic mass is 32.2. The zero-order valence-corrected chi connectivity index (χ0v) is 14.4. The molecule has 2 aliphatic rings. The summed E-state index contributed by atoms with van der Waals surface area (Å²) in [7, 11) is -3.28. The number of rotatable bonds is 6. The molecule has 0 bridgehead atoms. The standard InChI is InChI=1S/C15H24N2O2S2/c1-3-12-6-7-17(10-12)21(18,19)15-8-11(2)14(20-15)9-16-13-4-5-13/h8,12-13,16H,3-7,9-10H2,1-2H3. The van der Waals surface area contributed by atoms with Crippen LogP contribution in [0.1, 0.15) is 43.0 Å². The molecule has 4 nitrogen and oxygen atoms in total. The second-order valence-corrected chi connectivity index (χ2v) is 9.55. The maximum atomic E-state index is 12.7. The van der Waals surface area contributed by atoms with Gasteiger partial charge < -0.3 is 5.32 Å². The molecule has 1 saturated carbocycles. The molecule has 0 aromatic carbocycles. The van der Waals surface area contributed by atoms with Crippen LogP contribution in [0.15, 0.2) is 10.3 Å². The van der Waals surface area contributed by atoms with Crippen molar-refractivity contribution in [2.45, 2.75) is 56.3 Å². The van der Waals surface area contributed by atoms with Crippen LogP contribution in [0.4, 0.5) is 0 Å². The number of thiophene rings is 1. The van der Waals surface area contributed by atoms with Crippen molar-refractivity contribution in [3.63, 3.8) is 0 Å². The van der Waals surface area contributed by atoms with Crippen molar-refractivity contribution >= 4 is 21.4 Å². The highest BCUT2D eigenvalue weighted by molar-refractivity contribution is 7.91. The van der Waals surface area contributed by atoms with Crippen molar-refractivity contribution in [1.29, 1.82) is 0 Å². The van der Waals surface area contributed by atoms with Crippen LogP contribution in [-0.4, -0.2) is 31.9 Å². The molecule has 1 aromatic heterocycles. The van der Waals surface area contributed by atoms with Crippen LogP contribution < -0.4 is 5.32 Å². The van der Waals surface area contributed by atoms with Crippen molar-refractivity contribution in [3.05, 3.63) is 16.5 Å². The third-order valence-electron chi connectivity index (χ3n) is 4.55. The highest BCUT2D eigenvalue weighted by Gasteiger charge is 2.33. The minimum Gasteiger partial charge on any atom is -0.309 e. The van der Waals surface area contributed by atoms with Gasteiger partial charge in [0, 0.05) is 30.6 Å². The number of aryl methyl sites for hydroxylation is 1. The van der Waals surface area contributed by atoms with Gasteiger partial charge in [-0.05, 0) is 43.7 Å². The Hall–Kier alpha value is -0.430. The van der Waals surface area contributed by atoms with Gasteiger partial charge in [0.1, 0.15) is 4.21 Å². The Bertz CT molecular complexity index is 605. The predicted octanol–water partition coefficient (Wildman–Crippen LogP) is 2.73. The van der Waals surface area contributed by atoms with E-state index in [1.165, 1.54) is 24.2 Å². The van der Waals surface area contributed by atoms with E-state index in [1.807, 2.05) is 13.0 Å². The normalized spacial score (nSPS) is 23.8. The first-order valence-electron chi connectivity index (χ1n) is 7.83. The first kappa shape index (κ1) is 15.5. The molecular weight excluding hydrogens is 304 g/mol.